The van der Waals surface area contributed by atoms with Crippen molar-refractivity contribution in [1.29, 1.82) is 0 Å². The summed E-state index contributed by atoms with van der Waals surface area (Å²) >= 11 is 0. The summed E-state index contributed by atoms with van der Waals surface area (Å²) in [6.07, 6.45) is 0. The van der Waals surface area contributed by atoms with Gasteiger partial charge in [0.25, 0.3) is 5.91 Å². The zero-order valence-electron chi connectivity index (χ0n) is 17.4. The summed E-state index contributed by atoms with van der Waals surface area (Å²) in [5, 5.41) is 14.3. The molecule has 0 unspecified atom stereocenters. The number of benzene rings is 3. The number of anilines is 2. The first-order valence-electron chi connectivity index (χ1n) is 9.98. The van der Waals surface area contributed by atoms with Crippen molar-refractivity contribution in [1.82, 2.24) is 15.5 Å². The van der Waals surface area contributed by atoms with Gasteiger partial charge in [0.15, 0.2) is 5.82 Å². The number of carbonyl (C=O) groups excluding carboxylic acids is 1. The molecule has 1 amide bonds. The molecule has 0 atom stereocenters. The minimum Gasteiger partial charge on any atom is -0.497 e. The number of rotatable bonds is 7. The number of carbonyl (C=O) groups is 1. The van der Waals surface area contributed by atoms with Crippen molar-refractivity contribution in [2.24, 2.45) is 0 Å². The maximum atomic E-state index is 13.4. The van der Waals surface area contributed by atoms with Gasteiger partial charge in [-0.05, 0) is 66.2 Å². The first-order valence-corrected chi connectivity index (χ1v) is 9.98. The maximum absolute atomic E-state index is 13.4. The Morgan fingerprint density at radius 3 is 2.47 bits per heavy atom. The van der Waals surface area contributed by atoms with Gasteiger partial charge in [0.2, 0.25) is 0 Å². The van der Waals surface area contributed by atoms with Crippen LogP contribution in [0, 0.1) is 5.82 Å². The number of nitrogens with zero attached hydrogens (tertiary/aromatic N) is 2. The molecule has 160 valence electrons. The Hall–Kier alpha value is -4.26. The molecule has 32 heavy (non-hydrogen) atoms. The highest BCUT2D eigenvalue weighted by molar-refractivity contribution is 5.94. The molecule has 2 N–H and O–H groups in total. The number of hydrogen-bond donors (Lipinski definition) is 2. The fraction of sp³-hybridized carbons (Fsp3) is 0.0800. The van der Waals surface area contributed by atoms with Crippen molar-refractivity contribution >= 4 is 17.4 Å². The molecule has 4 aromatic rings. The number of hydrogen-bond acceptors (Lipinski definition) is 5. The van der Waals surface area contributed by atoms with E-state index in [-0.39, 0.29) is 11.7 Å². The van der Waals surface area contributed by atoms with Crippen LogP contribution in [0.1, 0.15) is 15.9 Å². The van der Waals surface area contributed by atoms with Crippen molar-refractivity contribution in [3.8, 4) is 17.0 Å². The monoisotopic (exact) mass is 428 g/mol. The van der Waals surface area contributed by atoms with Gasteiger partial charge in [-0.15, -0.1) is 10.2 Å². The van der Waals surface area contributed by atoms with Gasteiger partial charge in [-0.2, -0.15) is 0 Å². The predicted molar refractivity (Wildman–Crippen MR) is 121 cm³/mol. The molecule has 0 radical (unpaired) electrons. The summed E-state index contributed by atoms with van der Waals surface area (Å²) < 4.78 is 18.6. The predicted octanol–water partition coefficient (Wildman–Crippen LogP) is 4.96. The minimum atomic E-state index is -0.320. The smallest absolute Gasteiger partial charge is 0.251 e. The molecule has 1 aromatic heterocycles. The summed E-state index contributed by atoms with van der Waals surface area (Å²) in [6, 6.07) is 24.3. The number of methoxy groups -OCH3 is 1. The lowest BCUT2D eigenvalue weighted by molar-refractivity contribution is 0.0951. The van der Waals surface area contributed by atoms with Gasteiger partial charge in [0, 0.05) is 23.4 Å². The maximum Gasteiger partial charge on any atom is 0.251 e. The quantitative estimate of drug-likeness (QED) is 0.435. The number of amides is 1. The fourth-order valence-electron chi connectivity index (χ4n) is 3.12. The van der Waals surface area contributed by atoms with Crippen LogP contribution in [0.3, 0.4) is 0 Å². The highest BCUT2D eigenvalue weighted by Gasteiger charge is 2.07. The zero-order chi connectivity index (χ0) is 22.3. The zero-order valence-corrected chi connectivity index (χ0v) is 17.4. The lowest BCUT2D eigenvalue weighted by Crippen LogP contribution is -2.22. The van der Waals surface area contributed by atoms with Gasteiger partial charge in [-0.3, -0.25) is 4.79 Å². The molecule has 0 aliphatic rings. The van der Waals surface area contributed by atoms with Crippen LogP contribution in [0.5, 0.6) is 5.75 Å². The molecule has 6 nitrogen and oxygen atoms in total. The van der Waals surface area contributed by atoms with Crippen molar-refractivity contribution in [3.05, 3.63) is 102 Å². The van der Waals surface area contributed by atoms with Gasteiger partial charge in [-0.25, -0.2) is 4.39 Å². The second-order valence-electron chi connectivity index (χ2n) is 7.05. The van der Waals surface area contributed by atoms with Crippen LogP contribution in [0.2, 0.25) is 0 Å². The molecule has 4 rings (SSSR count). The van der Waals surface area contributed by atoms with Gasteiger partial charge in [0.05, 0.1) is 12.8 Å². The highest BCUT2D eigenvalue weighted by atomic mass is 19.1. The first-order chi connectivity index (χ1) is 15.6. The van der Waals surface area contributed by atoms with Gasteiger partial charge < -0.3 is 15.4 Å². The molecule has 0 aliphatic carbocycles. The molecule has 0 aliphatic heterocycles. The first kappa shape index (κ1) is 21.0. The summed E-state index contributed by atoms with van der Waals surface area (Å²) in [5.41, 5.74) is 3.51. The lowest BCUT2D eigenvalue weighted by atomic mass is 10.1. The van der Waals surface area contributed by atoms with E-state index >= 15 is 0 Å². The number of nitrogens with one attached hydrogen (secondary N) is 2. The number of aromatic nitrogens is 2. The van der Waals surface area contributed by atoms with E-state index < -0.39 is 0 Å². The van der Waals surface area contributed by atoms with E-state index in [1.165, 1.54) is 12.1 Å². The molecule has 0 saturated carbocycles. The average molecular weight is 428 g/mol. The van der Waals surface area contributed by atoms with E-state index in [9.17, 15) is 9.18 Å². The summed E-state index contributed by atoms with van der Waals surface area (Å²) in [4.78, 5) is 12.4. The molecular weight excluding hydrogens is 407 g/mol. The van der Waals surface area contributed by atoms with Gasteiger partial charge in [-0.1, -0.05) is 24.3 Å². The second-order valence-corrected chi connectivity index (χ2v) is 7.05. The van der Waals surface area contributed by atoms with E-state index in [1.807, 2.05) is 24.3 Å². The molecule has 3 aromatic carbocycles. The van der Waals surface area contributed by atoms with Crippen molar-refractivity contribution in [2.75, 3.05) is 12.4 Å². The van der Waals surface area contributed by atoms with Gasteiger partial charge >= 0.3 is 0 Å². The van der Waals surface area contributed by atoms with Crippen LogP contribution in [-0.4, -0.2) is 23.2 Å². The summed E-state index contributed by atoms with van der Waals surface area (Å²) in [7, 11) is 1.61. The molecule has 1 heterocycles. The Kier molecular flexibility index (Phi) is 6.36. The summed E-state index contributed by atoms with van der Waals surface area (Å²) in [5.74, 6) is 0.803. The largest absolute Gasteiger partial charge is 0.497 e. The molecule has 7 heteroatoms. The van der Waals surface area contributed by atoms with E-state index in [4.69, 9.17) is 4.74 Å². The number of halogens is 1. The van der Waals surface area contributed by atoms with E-state index in [1.54, 1.807) is 55.6 Å². The lowest BCUT2D eigenvalue weighted by Gasteiger charge is -2.09. The van der Waals surface area contributed by atoms with E-state index in [0.717, 1.165) is 17.0 Å². The Morgan fingerprint density at radius 1 is 0.938 bits per heavy atom. The van der Waals surface area contributed by atoms with Crippen LogP contribution < -0.4 is 15.4 Å². The third-order valence-electron chi connectivity index (χ3n) is 4.79. The van der Waals surface area contributed by atoms with Gasteiger partial charge in [0.1, 0.15) is 11.6 Å². The Balaban J connectivity index is 1.35. The molecule has 0 saturated heterocycles. The second kappa shape index (κ2) is 9.70. The topological polar surface area (TPSA) is 76.1 Å². The van der Waals surface area contributed by atoms with Crippen molar-refractivity contribution in [2.45, 2.75) is 6.54 Å². The minimum absolute atomic E-state index is 0.168. The molecular formula is C25H21FN4O2. The third-order valence-corrected chi connectivity index (χ3v) is 4.79. The van der Waals surface area contributed by atoms with Crippen LogP contribution in [0.25, 0.3) is 11.3 Å². The number of ether oxygens (including phenoxy) is 1. The highest BCUT2D eigenvalue weighted by Crippen LogP contribution is 2.20. The van der Waals surface area contributed by atoms with E-state index in [0.29, 0.717) is 29.2 Å². The standard InChI is InChI=1S/C25H21FN4O2/c1-32-22-7-2-4-17(14-22)16-27-25(31)18-8-10-21(11-9-18)28-24-13-12-23(29-30-24)19-5-3-6-20(26)15-19/h2-15H,16H2,1H3,(H,27,31)(H,28,30). The molecule has 0 fully saturated rings. The van der Waals surface area contributed by atoms with Crippen molar-refractivity contribution < 1.29 is 13.9 Å². The molecule has 0 bridgehead atoms. The van der Waals surface area contributed by atoms with Crippen LogP contribution in [-0.2, 0) is 6.54 Å². The Labute approximate surface area is 185 Å². The van der Waals surface area contributed by atoms with Crippen molar-refractivity contribution in [3.63, 3.8) is 0 Å². The Morgan fingerprint density at radius 2 is 1.75 bits per heavy atom. The Bertz CT molecular complexity index is 1210. The molecule has 0 spiro atoms. The summed E-state index contributed by atoms with van der Waals surface area (Å²) in [6.45, 7) is 0.406. The van der Waals surface area contributed by atoms with Crippen LogP contribution in [0.4, 0.5) is 15.9 Å². The fourth-order valence-corrected chi connectivity index (χ4v) is 3.12. The SMILES string of the molecule is COc1cccc(CNC(=O)c2ccc(Nc3ccc(-c4cccc(F)c4)nn3)cc2)c1. The average Bonchev–Trinajstić information content (AvgIpc) is 2.83. The van der Waals surface area contributed by atoms with Crippen LogP contribution in [0.15, 0.2) is 84.9 Å². The van der Waals surface area contributed by atoms with E-state index in [2.05, 4.69) is 20.8 Å². The van der Waals surface area contributed by atoms with Crippen LogP contribution >= 0.6 is 0 Å². The normalized spacial score (nSPS) is 10.4. The third kappa shape index (κ3) is 5.26.